The molecule has 1 unspecified atom stereocenters. The molecule has 0 aromatic heterocycles. The van der Waals surface area contributed by atoms with Gasteiger partial charge in [0.25, 0.3) is 0 Å². The fraction of sp³-hybridized carbons (Fsp3) is 0.294. The molecular formula is C17H19BrO2S. The van der Waals surface area contributed by atoms with Gasteiger partial charge < -0.3 is 9.84 Å². The number of methoxy groups -OCH3 is 1. The number of aliphatic hydroxyl groups excluding tert-OH is 1. The Bertz CT molecular complexity index is 628. The molecule has 0 fully saturated rings. The largest absolute Gasteiger partial charge is 0.496 e. The van der Waals surface area contributed by atoms with Crippen molar-refractivity contribution in [1.29, 1.82) is 0 Å². The van der Waals surface area contributed by atoms with Crippen molar-refractivity contribution in [3.63, 3.8) is 0 Å². The van der Waals surface area contributed by atoms with Crippen LogP contribution in [0.1, 0.15) is 22.8 Å². The number of ether oxygens (including phenoxy) is 1. The second-order valence-electron chi connectivity index (χ2n) is 4.89. The van der Waals surface area contributed by atoms with Crippen LogP contribution >= 0.6 is 27.7 Å². The molecule has 0 bridgehead atoms. The van der Waals surface area contributed by atoms with Gasteiger partial charge in [-0.1, -0.05) is 24.3 Å². The van der Waals surface area contributed by atoms with E-state index in [0.717, 1.165) is 26.2 Å². The van der Waals surface area contributed by atoms with E-state index in [4.69, 9.17) is 4.74 Å². The van der Waals surface area contributed by atoms with Crippen LogP contribution in [-0.4, -0.2) is 18.0 Å². The number of rotatable bonds is 5. The van der Waals surface area contributed by atoms with Gasteiger partial charge in [-0.25, -0.2) is 0 Å². The summed E-state index contributed by atoms with van der Waals surface area (Å²) in [4.78, 5) is 1.12. The van der Waals surface area contributed by atoms with Gasteiger partial charge in [-0.15, -0.1) is 11.8 Å². The Kier molecular flexibility index (Phi) is 5.73. The molecule has 0 saturated heterocycles. The summed E-state index contributed by atoms with van der Waals surface area (Å²) in [5.41, 5.74) is 3.10. The lowest BCUT2D eigenvalue weighted by atomic mass is 10.0. The Morgan fingerprint density at radius 3 is 2.57 bits per heavy atom. The zero-order valence-corrected chi connectivity index (χ0v) is 14.8. The first-order chi connectivity index (χ1) is 10.0. The summed E-state index contributed by atoms with van der Waals surface area (Å²) < 4.78 is 6.53. The van der Waals surface area contributed by atoms with Gasteiger partial charge in [-0.3, -0.25) is 0 Å². The molecule has 0 radical (unpaired) electrons. The summed E-state index contributed by atoms with van der Waals surface area (Å²) in [5, 5.41) is 10.5. The standard InChI is InChI=1S/C17H19BrO2S/c1-11-8-9-13(17(20-3)12(11)2)15(19)10-21-16-7-5-4-6-14(16)18/h4-9,15,19H,10H2,1-3H3. The van der Waals surface area contributed by atoms with Crippen LogP contribution in [-0.2, 0) is 0 Å². The fourth-order valence-corrected chi connectivity index (χ4v) is 3.69. The highest BCUT2D eigenvalue weighted by molar-refractivity contribution is 9.10. The summed E-state index contributed by atoms with van der Waals surface area (Å²) in [6.07, 6.45) is -0.559. The van der Waals surface area contributed by atoms with Gasteiger partial charge in [0.05, 0.1) is 13.2 Å². The minimum Gasteiger partial charge on any atom is -0.496 e. The molecule has 0 saturated carbocycles. The lowest BCUT2D eigenvalue weighted by Gasteiger charge is -2.18. The van der Waals surface area contributed by atoms with Crippen molar-refractivity contribution < 1.29 is 9.84 Å². The summed E-state index contributed by atoms with van der Waals surface area (Å²) >= 11 is 5.15. The normalized spacial score (nSPS) is 12.2. The van der Waals surface area contributed by atoms with E-state index in [-0.39, 0.29) is 0 Å². The summed E-state index contributed by atoms with van der Waals surface area (Å²) in [7, 11) is 1.65. The summed E-state index contributed by atoms with van der Waals surface area (Å²) in [6, 6.07) is 12.0. The quantitative estimate of drug-likeness (QED) is 0.763. The molecule has 0 aliphatic heterocycles. The van der Waals surface area contributed by atoms with E-state index in [1.807, 2.05) is 50.2 Å². The number of aliphatic hydroxyl groups is 1. The highest BCUT2D eigenvalue weighted by atomic mass is 79.9. The van der Waals surface area contributed by atoms with Crippen LogP contribution in [0.4, 0.5) is 0 Å². The van der Waals surface area contributed by atoms with E-state index in [1.165, 1.54) is 5.56 Å². The predicted octanol–water partition coefficient (Wildman–Crippen LogP) is 4.90. The molecule has 0 amide bonds. The van der Waals surface area contributed by atoms with E-state index in [0.29, 0.717) is 5.75 Å². The van der Waals surface area contributed by atoms with Crippen LogP contribution in [0.2, 0.25) is 0 Å². The highest BCUT2D eigenvalue weighted by Gasteiger charge is 2.16. The third kappa shape index (κ3) is 3.82. The fourth-order valence-electron chi connectivity index (χ4n) is 2.16. The van der Waals surface area contributed by atoms with Crippen molar-refractivity contribution in [2.75, 3.05) is 12.9 Å². The van der Waals surface area contributed by atoms with Crippen LogP contribution in [0, 0.1) is 13.8 Å². The van der Waals surface area contributed by atoms with Gasteiger partial charge in [0.15, 0.2) is 0 Å². The Hall–Kier alpha value is -0.970. The van der Waals surface area contributed by atoms with Crippen LogP contribution in [0.25, 0.3) is 0 Å². The smallest absolute Gasteiger partial charge is 0.127 e. The second kappa shape index (κ2) is 7.34. The van der Waals surface area contributed by atoms with Gasteiger partial charge in [-0.05, 0) is 53.0 Å². The van der Waals surface area contributed by atoms with Gasteiger partial charge in [0.2, 0.25) is 0 Å². The third-order valence-corrected chi connectivity index (χ3v) is 5.61. The SMILES string of the molecule is COc1c(C(O)CSc2ccccc2Br)ccc(C)c1C. The number of hydrogen-bond donors (Lipinski definition) is 1. The van der Waals surface area contributed by atoms with Crippen molar-refractivity contribution in [1.82, 2.24) is 0 Å². The van der Waals surface area contributed by atoms with Crippen molar-refractivity contribution in [2.45, 2.75) is 24.8 Å². The molecule has 2 nitrogen and oxygen atoms in total. The van der Waals surface area contributed by atoms with E-state index >= 15 is 0 Å². The number of hydrogen-bond acceptors (Lipinski definition) is 3. The van der Waals surface area contributed by atoms with Crippen molar-refractivity contribution >= 4 is 27.7 Å². The monoisotopic (exact) mass is 366 g/mol. The summed E-state index contributed by atoms with van der Waals surface area (Å²) in [6.45, 7) is 4.06. The van der Waals surface area contributed by atoms with Gasteiger partial charge in [0.1, 0.15) is 5.75 Å². The number of aryl methyl sites for hydroxylation is 1. The molecule has 0 heterocycles. The highest BCUT2D eigenvalue weighted by Crippen LogP contribution is 2.35. The Balaban J connectivity index is 2.16. The maximum atomic E-state index is 10.5. The maximum absolute atomic E-state index is 10.5. The number of thioether (sulfide) groups is 1. The predicted molar refractivity (Wildman–Crippen MR) is 92.3 cm³/mol. The van der Waals surface area contributed by atoms with Crippen LogP contribution in [0.15, 0.2) is 45.8 Å². The van der Waals surface area contributed by atoms with Crippen LogP contribution in [0.3, 0.4) is 0 Å². The minimum absolute atomic E-state index is 0.559. The van der Waals surface area contributed by atoms with Gasteiger partial charge >= 0.3 is 0 Å². The Labute approximate surface area is 138 Å². The molecule has 0 spiro atoms. The van der Waals surface area contributed by atoms with Gasteiger partial charge in [-0.2, -0.15) is 0 Å². The molecule has 2 aromatic carbocycles. The molecule has 2 rings (SSSR count). The number of benzene rings is 2. The molecule has 0 aliphatic rings. The topological polar surface area (TPSA) is 29.5 Å². The molecule has 2 aromatic rings. The van der Waals surface area contributed by atoms with Crippen molar-refractivity contribution in [3.8, 4) is 5.75 Å². The average Bonchev–Trinajstić information content (AvgIpc) is 2.48. The molecule has 112 valence electrons. The lowest BCUT2D eigenvalue weighted by Crippen LogP contribution is -2.05. The van der Waals surface area contributed by atoms with E-state index in [9.17, 15) is 5.11 Å². The first-order valence-corrected chi connectivity index (χ1v) is 8.52. The van der Waals surface area contributed by atoms with Crippen LogP contribution in [0.5, 0.6) is 5.75 Å². The summed E-state index contributed by atoms with van der Waals surface area (Å²) in [5.74, 6) is 1.37. The molecule has 1 N–H and O–H groups in total. The maximum Gasteiger partial charge on any atom is 0.127 e. The zero-order chi connectivity index (χ0) is 15.4. The Morgan fingerprint density at radius 2 is 1.90 bits per heavy atom. The first-order valence-electron chi connectivity index (χ1n) is 6.74. The average molecular weight is 367 g/mol. The molecule has 1 atom stereocenters. The van der Waals surface area contributed by atoms with Gasteiger partial charge in [0, 0.05) is 20.7 Å². The lowest BCUT2D eigenvalue weighted by molar-refractivity contribution is 0.198. The zero-order valence-electron chi connectivity index (χ0n) is 12.4. The van der Waals surface area contributed by atoms with Crippen LogP contribution < -0.4 is 4.74 Å². The van der Waals surface area contributed by atoms with E-state index < -0.39 is 6.10 Å². The second-order valence-corrected chi connectivity index (χ2v) is 6.80. The third-order valence-electron chi connectivity index (χ3n) is 3.50. The molecular weight excluding hydrogens is 348 g/mol. The molecule has 0 aliphatic carbocycles. The molecule has 21 heavy (non-hydrogen) atoms. The number of halogens is 1. The van der Waals surface area contributed by atoms with E-state index in [2.05, 4.69) is 15.9 Å². The van der Waals surface area contributed by atoms with E-state index in [1.54, 1.807) is 18.9 Å². The Morgan fingerprint density at radius 1 is 1.19 bits per heavy atom. The minimum atomic E-state index is -0.559. The molecule has 4 heteroatoms. The van der Waals surface area contributed by atoms with Crippen molar-refractivity contribution in [2.24, 2.45) is 0 Å². The van der Waals surface area contributed by atoms with Crippen molar-refractivity contribution in [3.05, 3.63) is 57.6 Å². The first kappa shape index (κ1) is 16.4.